The Morgan fingerprint density at radius 3 is 2.89 bits per heavy atom. The molecule has 18 heavy (non-hydrogen) atoms. The van der Waals surface area contributed by atoms with Crippen LogP contribution in [0.1, 0.15) is 6.92 Å². The molecule has 0 radical (unpaired) electrons. The van der Waals surface area contributed by atoms with Crippen molar-refractivity contribution in [2.75, 3.05) is 24.2 Å². The Hall–Kier alpha value is -1.85. The summed E-state index contributed by atoms with van der Waals surface area (Å²) in [5, 5.41) is 22.8. The minimum Gasteiger partial charge on any atom is -0.397 e. The van der Waals surface area contributed by atoms with E-state index in [1.807, 2.05) is 18.2 Å². The molecule has 0 aliphatic heterocycles. The zero-order valence-electron chi connectivity index (χ0n) is 10.2. The molecule has 0 aliphatic carbocycles. The summed E-state index contributed by atoms with van der Waals surface area (Å²) in [5.74, 6) is 0. The van der Waals surface area contributed by atoms with Crippen LogP contribution in [-0.2, 0) is 0 Å². The smallest absolute Gasteiger partial charge is 0.102 e. The highest BCUT2D eigenvalue weighted by atomic mass is 16.3. The minimum absolute atomic E-state index is 0.247. The Morgan fingerprint density at radius 2 is 2.17 bits per heavy atom. The van der Waals surface area contributed by atoms with E-state index in [9.17, 15) is 5.11 Å². The molecule has 0 saturated heterocycles. The summed E-state index contributed by atoms with van der Waals surface area (Å²) < 4.78 is 0. The topological polar surface area (TPSA) is 91.4 Å². The second-order valence-electron chi connectivity index (χ2n) is 4.61. The molecular formula is C13H17N3O2. The molecule has 2 aromatic rings. The van der Waals surface area contributed by atoms with Crippen LogP contribution in [-0.4, -0.2) is 33.9 Å². The van der Waals surface area contributed by atoms with Crippen LogP contribution in [0, 0.1) is 0 Å². The number of aromatic nitrogens is 1. The molecule has 2 rings (SSSR count). The number of benzene rings is 1. The Morgan fingerprint density at radius 1 is 1.39 bits per heavy atom. The van der Waals surface area contributed by atoms with E-state index < -0.39 is 5.60 Å². The van der Waals surface area contributed by atoms with Crippen LogP contribution < -0.4 is 11.1 Å². The third kappa shape index (κ3) is 2.52. The van der Waals surface area contributed by atoms with Crippen LogP contribution in [0.5, 0.6) is 0 Å². The number of nitrogens with zero attached hydrogens (tertiary/aromatic N) is 1. The monoisotopic (exact) mass is 247 g/mol. The summed E-state index contributed by atoms with van der Waals surface area (Å²) in [7, 11) is 0. The molecule has 0 bridgehead atoms. The lowest BCUT2D eigenvalue weighted by Gasteiger charge is -2.22. The second-order valence-corrected chi connectivity index (χ2v) is 4.61. The Kier molecular flexibility index (Phi) is 3.36. The van der Waals surface area contributed by atoms with Crippen LogP contribution in [0.2, 0.25) is 0 Å². The van der Waals surface area contributed by atoms with Gasteiger partial charge in [-0.05, 0) is 31.2 Å². The van der Waals surface area contributed by atoms with Gasteiger partial charge in [-0.2, -0.15) is 0 Å². The van der Waals surface area contributed by atoms with Crippen molar-refractivity contribution in [3.63, 3.8) is 0 Å². The maximum absolute atomic E-state index is 9.76. The molecule has 96 valence electrons. The lowest BCUT2D eigenvalue weighted by Crippen LogP contribution is -2.37. The first-order chi connectivity index (χ1) is 8.53. The van der Waals surface area contributed by atoms with Gasteiger partial charge in [0.25, 0.3) is 0 Å². The van der Waals surface area contributed by atoms with Crippen molar-refractivity contribution in [3.05, 3.63) is 30.5 Å². The highest BCUT2D eigenvalue weighted by Crippen LogP contribution is 2.26. The van der Waals surface area contributed by atoms with Gasteiger partial charge in [-0.1, -0.05) is 0 Å². The number of aliphatic hydroxyl groups is 2. The number of aliphatic hydroxyl groups excluding tert-OH is 1. The second kappa shape index (κ2) is 4.80. The average Bonchev–Trinajstić information content (AvgIpc) is 2.38. The van der Waals surface area contributed by atoms with Crippen LogP contribution in [0.4, 0.5) is 11.4 Å². The van der Waals surface area contributed by atoms with Crippen molar-refractivity contribution in [1.82, 2.24) is 4.98 Å². The number of pyridine rings is 1. The normalized spacial score (nSPS) is 14.4. The largest absolute Gasteiger partial charge is 0.397 e. The maximum atomic E-state index is 9.76. The van der Waals surface area contributed by atoms with E-state index >= 15 is 0 Å². The number of fused-ring (bicyclic) bond motifs is 1. The van der Waals surface area contributed by atoms with Gasteiger partial charge >= 0.3 is 0 Å². The fraction of sp³-hybridized carbons (Fsp3) is 0.308. The standard InChI is InChI=1S/C13H17N3O2/c1-13(18,8-17)7-16-11-5-4-10(14)12-9(11)3-2-6-15-12/h2-6,16-18H,7-8,14H2,1H3. The zero-order chi connectivity index (χ0) is 13.2. The van der Waals surface area contributed by atoms with Crippen molar-refractivity contribution in [2.45, 2.75) is 12.5 Å². The lowest BCUT2D eigenvalue weighted by atomic mass is 10.1. The minimum atomic E-state index is -1.16. The molecule has 5 heteroatoms. The van der Waals surface area contributed by atoms with Crippen LogP contribution in [0.25, 0.3) is 10.9 Å². The third-order valence-electron chi connectivity index (χ3n) is 2.80. The van der Waals surface area contributed by atoms with E-state index in [2.05, 4.69) is 10.3 Å². The van der Waals surface area contributed by atoms with Gasteiger partial charge < -0.3 is 21.3 Å². The third-order valence-corrected chi connectivity index (χ3v) is 2.80. The van der Waals surface area contributed by atoms with Gasteiger partial charge in [0.1, 0.15) is 5.60 Å². The highest BCUT2D eigenvalue weighted by molar-refractivity contribution is 5.98. The molecule has 1 heterocycles. The van der Waals surface area contributed by atoms with Crippen LogP contribution in [0.3, 0.4) is 0 Å². The number of hydrogen-bond acceptors (Lipinski definition) is 5. The molecule has 1 unspecified atom stereocenters. The number of rotatable bonds is 4. The van der Waals surface area contributed by atoms with E-state index in [0.717, 1.165) is 16.6 Å². The SMILES string of the molecule is CC(O)(CO)CNc1ccc(N)c2ncccc12. The first-order valence-corrected chi connectivity index (χ1v) is 5.74. The molecule has 1 atom stereocenters. The summed E-state index contributed by atoms with van der Waals surface area (Å²) >= 11 is 0. The Balaban J connectivity index is 2.32. The number of anilines is 2. The van der Waals surface area contributed by atoms with Gasteiger partial charge in [-0.15, -0.1) is 0 Å². The van der Waals surface area contributed by atoms with E-state index in [1.54, 1.807) is 19.2 Å². The van der Waals surface area contributed by atoms with E-state index in [1.165, 1.54) is 0 Å². The number of nitrogens with one attached hydrogen (secondary N) is 1. The average molecular weight is 247 g/mol. The van der Waals surface area contributed by atoms with Gasteiger partial charge in [-0.25, -0.2) is 0 Å². The van der Waals surface area contributed by atoms with E-state index in [4.69, 9.17) is 10.8 Å². The molecule has 0 aliphatic rings. The van der Waals surface area contributed by atoms with Crippen molar-refractivity contribution < 1.29 is 10.2 Å². The maximum Gasteiger partial charge on any atom is 0.102 e. The predicted octanol–water partition coefficient (Wildman–Crippen LogP) is 0.972. The van der Waals surface area contributed by atoms with Gasteiger partial charge in [0.05, 0.1) is 17.8 Å². The zero-order valence-corrected chi connectivity index (χ0v) is 10.2. The quantitative estimate of drug-likeness (QED) is 0.604. The molecule has 0 saturated carbocycles. The first kappa shape index (κ1) is 12.6. The lowest BCUT2D eigenvalue weighted by molar-refractivity contribution is 0.0132. The molecule has 0 amide bonds. The summed E-state index contributed by atoms with van der Waals surface area (Å²) in [5.41, 5.74) is 6.87. The molecule has 5 nitrogen and oxygen atoms in total. The molecular weight excluding hydrogens is 230 g/mol. The predicted molar refractivity (Wildman–Crippen MR) is 72.4 cm³/mol. The molecule has 1 aromatic carbocycles. The fourth-order valence-corrected chi connectivity index (χ4v) is 1.69. The number of nitrogen functional groups attached to an aromatic ring is 1. The van der Waals surface area contributed by atoms with Crippen LogP contribution in [0.15, 0.2) is 30.5 Å². The summed E-state index contributed by atoms with van der Waals surface area (Å²) in [4.78, 5) is 4.23. The van der Waals surface area contributed by atoms with Crippen molar-refractivity contribution in [1.29, 1.82) is 0 Å². The fourth-order valence-electron chi connectivity index (χ4n) is 1.69. The van der Waals surface area contributed by atoms with Gasteiger partial charge in [0.15, 0.2) is 0 Å². The van der Waals surface area contributed by atoms with Crippen molar-refractivity contribution >= 4 is 22.3 Å². The van der Waals surface area contributed by atoms with Gasteiger partial charge in [0.2, 0.25) is 0 Å². The van der Waals surface area contributed by atoms with Crippen molar-refractivity contribution in [2.24, 2.45) is 0 Å². The molecule has 0 spiro atoms. The molecule has 0 fully saturated rings. The number of nitrogens with two attached hydrogens (primary N) is 1. The van der Waals surface area contributed by atoms with E-state index in [0.29, 0.717) is 5.69 Å². The van der Waals surface area contributed by atoms with Gasteiger partial charge in [0, 0.05) is 23.8 Å². The number of hydrogen-bond donors (Lipinski definition) is 4. The highest BCUT2D eigenvalue weighted by Gasteiger charge is 2.18. The van der Waals surface area contributed by atoms with Crippen molar-refractivity contribution in [3.8, 4) is 0 Å². The summed E-state index contributed by atoms with van der Waals surface area (Å²) in [6.07, 6.45) is 1.69. The van der Waals surface area contributed by atoms with Gasteiger partial charge in [-0.3, -0.25) is 4.98 Å². The summed E-state index contributed by atoms with van der Waals surface area (Å²) in [6.45, 7) is 1.51. The van der Waals surface area contributed by atoms with E-state index in [-0.39, 0.29) is 13.2 Å². The molecule has 1 aromatic heterocycles. The Bertz CT molecular complexity index is 555. The first-order valence-electron chi connectivity index (χ1n) is 5.74. The Labute approximate surface area is 105 Å². The molecule has 5 N–H and O–H groups in total. The van der Waals surface area contributed by atoms with Crippen LogP contribution >= 0.6 is 0 Å². The summed E-state index contributed by atoms with van der Waals surface area (Å²) in [6, 6.07) is 7.35.